The van der Waals surface area contributed by atoms with Crippen molar-refractivity contribution in [2.75, 3.05) is 17.7 Å². The molecule has 0 aliphatic carbocycles. The molecule has 1 unspecified atom stereocenters. The fraction of sp³-hybridized carbons (Fsp3) is 0.148. The highest BCUT2D eigenvalue weighted by Crippen LogP contribution is 2.33. The third kappa shape index (κ3) is 4.72. The van der Waals surface area contributed by atoms with Gasteiger partial charge >= 0.3 is 0 Å². The van der Waals surface area contributed by atoms with E-state index in [1.165, 1.54) is 0 Å². The number of benzene rings is 3. The minimum absolute atomic E-state index is 0.233. The van der Waals surface area contributed by atoms with Crippen LogP contribution in [0.5, 0.6) is 11.5 Å². The van der Waals surface area contributed by atoms with Gasteiger partial charge in [-0.15, -0.1) is 0 Å². The molecule has 0 spiro atoms. The van der Waals surface area contributed by atoms with E-state index >= 15 is 0 Å². The fourth-order valence-corrected chi connectivity index (χ4v) is 3.91. The van der Waals surface area contributed by atoms with Gasteiger partial charge < -0.3 is 20.1 Å². The Hall–Kier alpha value is -4.59. The van der Waals surface area contributed by atoms with Crippen molar-refractivity contribution >= 4 is 23.2 Å². The van der Waals surface area contributed by atoms with Gasteiger partial charge in [-0.1, -0.05) is 42.5 Å². The summed E-state index contributed by atoms with van der Waals surface area (Å²) in [5.41, 5.74) is 3.83. The summed E-state index contributed by atoms with van der Waals surface area (Å²) >= 11 is 0. The van der Waals surface area contributed by atoms with Gasteiger partial charge in [0.15, 0.2) is 6.10 Å². The molecule has 0 fully saturated rings. The summed E-state index contributed by atoms with van der Waals surface area (Å²) < 4.78 is 12.7. The molecule has 2 N–H and O–H groups in total. The molecule has 176 valence electrons. The monoisotopic (exact) mass is 468 g/mol. The van der Waals surface area contributed by atoms with Crippen molar-refractivity contribution in [3.63, 3.8) is 0 Å². The Labute approximate surface area is 202 Å². The number of rotatable bonds is 6. The second-order valence-corrected chi connectivity index (χ2v) is 8.22. The predicted molar refractivity (Wildman–Crippen MR) is 133 cm³/mol. The first kappa shape index (κ1) is 22.2. The quantitative estimate of drug-likeness (QED) is 0.432. The summed E-state index contributed by atoms with van der Waals surface area (Å²) in [5, 5.41) is 10.4. The molecule has 8 heteroatoms. The molecule has 0 radical (unpaired) electrons. The number of hydrogen-bond donors (Lipinski definition) is 2. The summed E-state index contributed by atoms with van der Waals surface area (Å²) in [6.45, 7) is 2.20. The van der Waals surface area contributed by atoms with Crippen molar-refractivity contribution in [1.29, 1.82) is 0 Å². The fourth-order valence-electron chi connectivity index (χ4n) is 3.91. The average molecular weight is 469 g/mol. The molecule has 3 aromatic carbocycles. The van der Waals surface area contributed by atoms with Gasteiger partial charge in [0.1, 0.15) is 17.2 Å². The average Bonchev–Trinajstić information content (AvgIpc) is 3.29. The summed E-state index contributed by atoms with van der Waals surface area (Å²) in [6, 6.07) is 22.5. The first-order valence-corrected chi connectivity index (χ1v) is 11.2. The van der Waals surface area contributed by atoms with Crippen molar-refractivity contribution in [3.8, 4) is 22.8 Å². The second-order valence-electron chi connectivity index (χ2n) is 8.22. The van der Waals surface area contributed by atoms with E-state index in [9.17, 15) is 9.59 Å². The third-order valence-corrected chi connectivity index (χ3v) is 5.71. The summed E-state index contributed by atoms with van der Waals surface area (Å²) in [7, 11) is 1.60. The number of ether oxygens (including phenoxy) is 2. The predicted octanol–water partition coefficient (Wildman–Crippen LogP) is 4.58. The van der Waals surface area contributed by atoms with Crippen molar-refractivity contribution in [2.45, 2.75) is 19.6 Å². The first-order chi connectivity index (χ1) is 17.0. The van der Waals surface area contributed by atoms with E-state index in [0.717, 1.165) is 11.1 Å². The van der Waals surface area contributed by atoms with Crippen LogP contribution in [-0.4, -0.2) is 34.8 Å². The number of nitrogens with one attached hydrogen (secondary N) is 2. The van der Waals surface area contributed by atoms with Gasteiger partial charge in [0.2, 0.25) is 0 Å². The summed E-state index contributed by atoms with van der Waals surface area (Å²) in [5.74, 6) is 0.677. The van der Waals surface area contributed by atoms with E-state index in [-0.39, 0.29) is 11.8 Å². The summed E-state index contributed by atoms with van der Waals surface area (Å²) in [4.78, 5) is 25.4. The topological polar surface area (TPSA) is 94.5 Å². The van der Waals surface area contributed by atoms with Crippen LogP contribution in [0, 0.1) is 0 Å². The van der Waals surface area contributed by atoms with E-state index < -0.39 is 6.10 Å². The maximum atomic E-state index is 13.4. The number of anilines is 2. The minimum Gasteiger partial charge on any atom is -0.497 e. The van der Waals surface area contributed by atoms with Gasteiger partial charge in [-0.2, -0.15) is 5.10 Å². The highest BCUT2D eigenvalue weighted by atomic mass is 16.5. The molecule has 5 rings (SSSR count). The lowest BCUT2D eigenvalue weighted by atomic mass is 10.1. The van der Waals surface area contributed by atoms with Gasteiger partial charge in [0.25, 0.3) is 11.8 Å². The van der Waals surface area contributed by atoms with Crippen LogP contribution in [0.25, 0.3) is 11.3 Å². The molecular formula is C27H24N4O4. The Morgan fingerprint density at radius 2 is 1.94 bits per heavy atom. The molecule has 4 aromatic rings. The molecule has 8 nitrogen and oxygen atoms in total. The normalized spacial score (nSPS) is 14.5. The maximum Gasteiger partial charge on any atom is 0.265 e. The zero-order valence-electron chi connectivity index (χ0n) is 19.3. The Morgan fingerprint density at radius 3 is 2.74 bits per heavy atom. The van der Waals surface area contributed by atoms with Crippen LogP contribution < -0.4 is 20.1 Å². The largest absolute Gasteiger partial charge is 0.497 e. The highest BCUT2D eigenvalue weighted by molar-refractivity contribution is 6.08. The Bertz CT molecular complexity index is 1400. The molecule has 1 atom stereocenters. The van der Waals surface area contributed by atoms with E-state index in [4.69, 9.17) is 14.6 Å². The van der Waals surface area contributed by atoms with Crippen LogP contribution in [0.4, 0.5) is 11.4 Å². The molecule has 2 heterocycles. The van der Waals surface area contributed by atoms with E-state index in [1.54, 1.807) is 43.1 Å². The van der Waals surface area contributed by atoms with Crippen LogP contribution in [0.3, 0.4) is 0 Å². The van der Waals surface area contributed by atoms with Crippen LogP contribution in [0.1, 0.15) is 22.8 Å². The maximum absolute atomic E-state index is 13.4. The molecule has 1 aliphatic rings. The number of methoxy groups -OCH3 is 1. The van der Waals surface area contributed by atoms with Gasteiger partial charge in [-0.3, -0.25) is 14.3 Å². The molecule has 0 bridgehead atoms. The number of nitrogens with zero attached hydrogens (tertiary/aromatic N) is 2. The Kier molecular flexibility index (Phi) is 5.93. The highest BCUT2D eigenvalue weighted by Gasteiger charge is 2.24. The Balaban J connectivity index is 1.47. The van der Waals surface area contributed by atoms with Crippen LogP contribution in [-0.2, 0) is 11.3 Å². The van der Waals surface area contributed by atoms with Gasteiger partial charge in [0, 0.05) is 17.4 Å². The van der Waals surface area contributed by atoms with Crippen molar-refractivity contribution < 1.29 is 19.1 Å². The molecule has 2 amide bonds. The minimum atomic E-state index is -0.566. The molecular weight excluding hydrogens is 444 g/mol. The van der Waals surface area contributed by atoms with Gasteiger partial charge in [-0.25, -0.2) is 0 Å². The van der Waals surface area contributed by atoms with Crippen LogP contribution >= 0.6 is 0 Å². The smallest absolute Gasteiger partial charge is 0.265 e. The number of hydrogen-bond acceptors (Lipinski definition) is 5. The zero-order chi connectivity index (χ0) is 24.4. The number of fused-ring (bicyclic) bond motifs is 1. The van der Waals surface area contributed by atoms with Crippen molar-refractivity contribution in [3.05, 3.63) is 90.1 Å². The number of aromatic nitrogens is 2. The molecule has 0 saturated carbocycles. The third-order valence-electron chi connectivity index (χ3n) is 5.71. The molecule has 1 aromatic heterocycles. The van der Waals surface area contributed by atoms with E-state index in [0.29, 0.717) is 40.7 Å². The van der Waals surface area contributed by atoms with Crippen molar-refractivity contribution in [1.82, 2.24) is 9.78 Å². The molecule has 0 saturated heterocycles. The van der Waals surface area contributed by atoms with E-state index in [2.05, 4.69) is 10.6 Å². The van der Waals surface area contributed by atoms with Crippen LogP contribution in [0.2, 0.25) is 0 Å². The number of carbonyl (C=O) groups excluding carboxylic acids is 2. The summed E-state index contributed by atoms with van der Waals surface area (Å²) in [6.07, 6.45) is 1.17. The van der Waals surface area contributed by atoms with Gasteiger partial charge in [-0.05, 0) is 42.8 Å². The lowest BCUT2D eigenvalue weighted by Crippen LogP contribution is -2.34. The van der Waals surface area contributed by atoms with Crippen molar-refractivity contribution in [2.24, 2.45) is 0 Å². The Morgan fingerprint density at radius 1 is 1.11 bits per heavy atom. The van der Waals surface area contributed by atoms with Gasteiger partial charge in [0.05, 0.1) is 24.9 Å². The van der Waals surface area contributed by atoms with Crippen LogP contribution in [0.15, 0.2) is 79.0 Å². The lowest BCUT2D eigenvalue weighted by molar-refractivity contribution is -0.122. The number of carbonyl (C=O) groups is 2. The number of amides is 2. The molecule has 1 aliphatic heterocycles. The SMILES string of the molecule is COc1cccc(-c2nn(Cc3ccccc3)cc2C(=O)Nc2ccc3c(c2)NC(=O)C(C)O3)c1. The first-order valence-electron chi connectivity index (χ1n) is 11.2. The lowest BCUT2D eigenvalue weighted by Gasteiger charge is -2.23. The molecule has 35 heavy (non-hydrogen) atoms. The zero-order valence-corrected chi connectivity index (χ0v) is 19.3. The second kappa shape index (κ2) is 9.34. The van der Waals surface area contributed by atoms with E-state index in [1.807, 2.05) is 54.6 Å². The standard InChI is InChI=1S/C27H24N4O4/c1-17-26(32)29-23-14-20(11-12-24(23)35-17)28-27(33)22-16-31(15-18-7-4-3-5-8-18)30-25(22)19-9-6-10-21(13-19)34-2/h3-14,16-17H,15H2,1-2H3,(H,28,33)(H,29,32).